The van der Waals surface area contributed by atoms with Crippen molar-refractivity contribution >= 4 is 23.2 Å². The van der Waals surface area contributed by atoms with Crippen LogP contribution < -0.4 is 0 Å². The maximum absolute atomic E-state index is 9.08. The highest BCUT2D eigenvalue weighted by molar-refractivity contribution is 6.34. The molecule has 1 aromatic heterocycles. The third-order valence-electron chi connectivity index (χ3n) is 2.37. The number of hydrogen-bond acceptors (Lipinski definition) is 2. The highest BCUT2D eigenvalue weighted by Crippen LogP contribution is 2.23. The first-order valence-corrected chi connectivity index (χ1v) is 5.48. The Balaban J connectivity index is 2.54. The molecule has 0 amide bonds. The first kappa shape index (κ1) is 11.5. The van der Waals surface area contributed by atoms with E-state index in [0.717, 1.165) is 16.9 Å². The summed E-state index contributed by atoms with van der Waals surface area (Å²) in [7, 11) is 0. The number of aromatic nitrogens is 2. The van der Waals surface area contributed by atoms with Crippen LogP contribution in [-0.4, -0.2) is 14.9 Å². The smallest absolute Gasteiger partial charge is 0.0715 e. The average Bonchev–Trinajstić information content (AvgIpc) is 2.58. The quantitative estimate of drug-likeness (QED) is 0.898. The summed E-state index contributed by atoms with van der Waals surface area (Å²) >= 11 is 11.8. The maximum Gasteiger partial charge on any atom is 0.0715 e. The molecule has 2 aromatic rings. The lowest BCUT2D eigenvalue weighted by molar-refractivity contribution is 0.281. The number of hydrogen-bond donors (Lipinski definition) is 1. The molecule has 3 nitrogen and oxygen atoms in total. The number of nitrogens with zero attached hydrogens (tertiary/aromatic N) is 2. The van der Waals surface area contributed by atoms with Crippen LogP contribution in [0.1, 0.15) is 11.3 Å². The van der Waals surface area contributed by atoms with E-state index >= 15 is 0 Å². The van der Waals surface area contributed by atoms with Crippen LogP contribution in [0.2, 0.25) is 10.0 Å². The summed E-state index contributed by atoms with van der Waals surface area (Å²) in [4.78, 5) is 0. The number of rotatable bonds is 2. The molecule has 0 aliphatic rings. The van der Waals surface area contributed by atoms with E-state index in [4.69, 9.17) is 28.3 Å². The Morgan fingerprint density at radius 2 is 1.88 bits per heavy atom. The summed E-state index contributed by atoms with van der Waals surface area (Å²) in [5, 5.41) is 14.4. The molecule has 5 heteroatoms. The van der Waals surface area contributed by atoms with Gasteiger partial charge in [-0.2, -0.15) is 5.10 Å². The fourth-order valence-corrected chi connectivity index (χ4v) is 2.04. The van der Waals surface area contributed by atoms with Crippen LogP contribution in [0.15, 0.2) is 24.4 Å². The summed E-state index contributed by atoms with van der Waals surface area (Å²) in [5.41, 5.74) is 2.45. The SMILES string of the molecule is Cc1c(CO)cnn1-c1cc(Cl)cc(Cl)c1. The van der Waals surface area contributed by atoms with E-state index in [1.807, 2.05) is 6.92 Å². The number of benzene rings is 1. The first-order valence-electron chi connectivity index (χ1n) is 4.72. The van der Waals surface area contributed by atoms with Crippen molar-refractivity contribution in [3.63, 3.8) is 0 Å². The predicted molar refractivity (Wildman–Crippen MR) is 64.2 cm³/mol. The van der Waals surface area contributed by atoms with E-state index in [-0.39, 0.29) is 6.61 Å². The van der Waals surface area contributed by atoms with Crippen LogP contribution in [0.5, 0.6) is 0 Å². The van der Waals surface area contributed by atoms with E-state index in [1.165, 1.54) is 0 Å². The van der Waals surface area contributed by atoms with Crippen LogP contribution in [-0.2, 0) is 6.61 Å². The van der Waals surface area contributed by atoms with Gasteiger partial charge in [0, 0.05) is 21.3 Å². The van der Waals surface area contributed by atoms with E-state index < -0.39 is 0 Å². The van der Waals surface area contributed by atoms with Gasteiger partial charge in [-0.15, -0.1) is 0 Å². The molecule has 1 heterocycles. The van der Waals surface area contributed by atoms with E-state index in [9.17, 15) is 0 Å². The normalized spacial score (nSPS) is 10.8. The summed E-state index contributed by atoms with van der Waals surface area (Å²) < 4.78 is 1.70. The second-order valence-electron chi connectivity index (χ2n) is 3.45. The summed E-state index contributed by atoms with van der Waals surface area (Å²) in [6.45, 7) is 1.85. The standard InChI is InChI=1S/C11H10Cl2N2O/c1-7-8(6-16)5-14-15(7)11-3-9(12)2-10(13)4-11/h2-5,16H,6H2,1H3. The number of aliphatic hydroxyl groups excluding tert-OH is 1. The Morgan fingerprint density at radius 1 is 1.25 bits per heavy atom. The van der Waals surface area contributed by atoms with Crippen molar-refractivity contribution in [2.75, 3.05) is 0 Å². The topological polar surface area (TPSA) is 38.1 Å². The molecule has 1 N–H and O–H groups in total. The number of halogens is 2. The van der Waals surface area contributed by atoms with Gasteiger partial charge in [0.1, 0.15) is 0 Å². The third kappa shape index (κ3) is 2.07. The highest BCUT2D eigenvalue weighted by atomic mass is 35.5. The van der Waals surface area contributed by atoms with Gasteiger partial charge in [-0.1, -0.05) is 23.2 Å². The minimum Gasteiger partial charge on any atom is -0.392 e. The Kier molecular flexibility index (Phi) is 3.19. The van der Waals surface area contributed by atoms with E-state index in [2.05, 4.69) is 5.10 Å². The molecule has 0 spiro atoms. The zero-order chi connectivity index (χ0) is 11.7. The second-order valence-corrected chi connectivity index (χ2v) is 4.33. The summed E-state index contributed by atoms with van der Waals surface area (Å²) in [6.07, 6.45) is 1.63. The zero-order valence-electron chi connectivity index (χ0n) is 8.61. The fraction of sp³-hybridized carbons (Fsp3) is 0.182. The van der Waals surface area contributed by atoms with Gasteiger partial charge in [0.25, 0.3) is 0 Å². The van der Waals surface area contributed by atoms with Crippen LogP contribution in [0.3, 0.4) is 0 Å². The largest absolute Gasteiger partial charge is 0.392 e. The molecule has 2 rings (SSSR count). The van der Waals surface area contributed by atoms with Crippen molar-refractivity contribution in [3.05, 3.63) is 45.7 Å². The Hall–Kier alpha value is -1.03. The van der Waals surface area contributed by atoms with Crippen LogP contribution in [0.25, 0.3) is 5.69 Å². The molecule has 16 heavy (non-hydrogen) atoms. The number of aliphatic hydroxyl groups is 1. The lowest BCUT2D eigenvalue weighted by atomic mass is 10.2. The fourth-order valence-electron chi connectivity index (χ4n) is 1.52. The molecule has 0 radical (unpaired) electrons. The predicted octanol–water partition coefficient (Wildman–Crippen LogP) is 2.98. The summed E-state index contributed by atoms with van der Waals surface area (Å²) in [6, 6.07) is 5.21. The molecule has 0 unspecified atom stereocenters. The summed E-state index contributed by atoms with van der Waals surface area (Å²) in [5.74, 6) is 0. The molecular formula is C11H10Cl2N2O. The van der Waals surface area contributed by atoms with Crippen molar-refractivity contribution in [1.29, 1.82) is 0 Å². The van der Waals surface area contributed by atoms with Crippen molar-refractivity contribution in [1.82, 2.24) is 9.78 Å². The molecule has 0 bridgehead atoms. The van der Waals surface area contributed by atoms with Gasteiger partial charge in [-0.05, 0) is 25.1 Å². The van der Waals surface area contributed by atoms with Crippen molar-refractivity contribution in [2.24, 2.45) is 0 Å². The lowest BCUT2D eigenvalue weighted by Crippen LogP contribution is -1.99. The minimum absolute atomic E-state index is 0.0276. The Morgan fingerprint density at radius 3 is 2.38 bits per heavy atom. The van der Waals surface area contributed by atoms with Gasteiger partial charge < -0.3 is 5.11 Å². The lowest BCUT2D eigenvalue weighted by Gasteiger charge is -2.06. The van der Waals surface area contributed by atoms with Crippen molar-refractivity contribution in [2.45, 2.75) is 13.5 Å². The van der Waals surface area contributed by atoms with Crippen molar-refractivity contribution < 1.29 is 5.11 Å². The Labute approximate surface area is 103 Å². The van der Waals surface area contributed by atoms with Crippen molar-refractivity contribution in [3.8, 4) is 5.69 Å². The van der Waals surface area contributed by atoms with E-state index in [1.54, 1.807) is 29.1 Å². The molecule has 0 aliphatic carbocycles. The molecule has 0 saturated heterocycles. The van der Waals surface area contributed by atoms with E-state index in [0.29, 0.717) is 10.0 Å². The monoisotopic (exact) mass is 256 g/mol. The average molecular weight is 257 g/mol. The molecule has 0 fully saturated rings. The van der Waals surface area contributed by atoms with Gasteiger partial charge in [0.05, 0.1) is 18.5 Å². The van der Waals surface area contributed by atoms with Crippen LogP contribution >= 0.6 is 23.2 Å². The van der Waals surface area contributed by atoms with Crippen LogP contribution in [0.4, 0.5) is 0 Å². The van der Waals surface area contributed by atoms with Gasteiger partial charge in [0.2, 0.25) is 0 Å². The third-order valence-corrected chi connectivity index (χ3v) is 2.81. The molecule has 1 aromatic carbocycles. The van der Waals surface area contributed by atoms with Gasteiger partial charge in [0.15, 0.2) is 0 Å². The highest BCUT2D eigenvalue weighted by Gasteiger charge is 2.08. The Bertz CT molecular complexity index is 502. The van der Waals surface area contributed by atoms with Gasteiger partial charge >= 0.3 is 0 Å². The molecule has 0 aliphatic heterocycles. The molecule has 84 valence electrons. The van der Waals surface area contributed by atoms with Crippen LogP contribution in [0, 0.1) is 6.92 Å². The molecule has 0 saturated carbocycles. The van der Waals surface area contributed by atoms with Gasteiger partial charge in [-0.3, -0.25) is 0 Å². The van der Waals surface area contributed by atoms with Gasteiger partial charge in [-0.25, -0.2) is 4.68 Å². The second kappa shape index (κ2) is 4.45. The molecule has 0 atom stereocenters. The minimum atomic E-state index is -0.0276. The maximum atomic E-state index is 9.08. The first-order chi connectivity index (χ1) is 7.61. The zero-order valence-corrected chi connectivity index (χ0v) is 10.1. The molecular weight excluding hydrogens is 247 g/mol.